The minimum atomic E-state index is -0.867. The highest BCUT2D eigenvalue weighted by molar-refractivity contribution is 6.35. The summed E-state index contributed by atoms with van der Waals surface area (Å²) in [6, 6.07) is 13.3. The Kier molecular flexibility index (Phi) is 5.49. The fourth-order valence-corrected chi connectivity index (χ4v) is 2.24. The Labute approximate surface area is 129 Å². The number of rotatable bonds is 5. The Bertz CT molecular complexity index is 665. The molecular weight excluding hydrogens is 280 g/mol. The van der Waals surface area contributed by atoms with Crippen molar-refractivity contribution in [3.8, 4) is 0 Å². The summed E-state index contributed by atoms with van der Waals surface area (Å²) in [6.07, 6.45) is -0.105. The van der Waals surface area contributed by atoms with Gasteiger partial charge in [0, 0.05) is 13.1 Å². The van der Waals surface area contributed by atoms with Crippen LogP contribution in [0.3, 0.4) is 0 Å². The molecular formula is C17H20N2O3. The highest BCUT2D eigenvalue weighted by atomic mass is 16.3. The van der Waals surface area contributed by atoms with Crippen LogP contribution in [0.4, 0.5) is 0 Å². The smallest absolute Gasteiger partial charge is 0.309 e. The number of aliphatic hydroxyl groups is 1. The van der Waals surface area contributed by atoms with Crippen molar-refractivity contribution >= 4 is 22.6 Å². The zero-order chi connectivity index (χ0) is 15.9. The molecule has 2 rings (SSSR count). The lowest BCUT2D eigenvalue weighted by Gasteiger charge is -2.14. The van der Waals surface area contributed by atoms with E-state index in [0.29, 0.717) is 6.54 Å². The van der Waals surface area contributed by atoms with Gasteiger partial charge in [-0.1, -0.05) is 49.4 Å². The van der Waals surface area contributed by atoms with Crippen LogP contribution in [0.1, 0.15) is 25.0 Å². The molecule has 5 nitrogen and oxygen atoms in total. The summed E-state index contributed by atoms with van der Waals surface area (Å²) in [6.45, 7) is 2.35. The van der Waals surface area contributed by atoms with E-state index >= 15 is 0 Å². The van der Waals surface area contributed by atoms with Gasteiger partial charge in [0.15, 0.2) is 0 Å². The van der Waals surface area contributed by atoms with Crippen LogP contribution in [0.5, 0.6) is 0 Å². The molecule has 22 heavy (non-hydrogen) atoms. The largest absolute Gasteiger partial charge is 0.387 e. The van der Waals surface area contributed by atoms with Crippen molar-refractivity contribution in [3.63, 3.8) is 0 Å². The maximum atomic E-state index is 11.6. The highest BCUT2D eigenvalue weighted by Crippen LogP contribution is 2.23. The fourth-order valence-electron chi connectivity index (χ4n) is 2.24. The molecule has 2 aromatic carbocycles. The molecule has 0 aliphatic carbocycles. The standard InChI is InChI=1S/C17H20N2O3/c1-2-10-18-16(21)17(22)19-11-15(20)14-9-5-7-12-6-3-4-8-13(12)14/h3-9,15,20H,2,10-11H2,1H3,(H,18,21)(H,19,22). The van der Waals surface area contributed by atoms with E-state index in [1.165, 1.54) is 0 Å². The quantitative estimate of drug-likeness (QED) is 0.733. The summed E-state index contributed by atoms with van der Waals surface area (Å²) in [5.41, 5.74) is 0.729. The molecule has 0 saturated carbocycles. The van der Waals surface area contributed by atoms with Gasteiger partial charge in [0.1, 0.15) is 0 Å². The number of hydrogen-bond donors (Lipinski definition) is 3. The Balaban J connectivity index is 2.01. The van der Waals surface area contributed by atoms with Gasteiger partial charge in [-0.25, -0.2) is 0 Å². The summed E-state index contributed by atoms with van der Waals surface area (Å²) in [5, 5.41) is 17.2. The van der Waals surface area contributed by atoms with Gasteiger partial charge in [-0.05, 0) is 22.8 Å². The summed E-state index contributed by atoms with van der Waals surface area (Å²) < 4.78 is 0. The molecule has 0 spiro atoms. The number of nitrogens with one attached hydrogen (secondary N) is 2. The normalized spacial score (nSPS) is 11.9. The van der Waals surface area contributed by atoms with Crippen LogP contribution in [0.2, 0.25) is 0 Å². The van der Waals surface area contributed by atoms with Crippen LogP contribution in [-0.2, 0) is 9.59 Å². The molecule has 0 heterocycles. The molecule has 3 N–H and O–H groups in total. The van der Waals surface area contributed by atoms with Crippen LogP contribution < -0.4 is 10.6 Å². The van der Waals surface area contributed by atoms with E-state index in [1.807, 2.05) is 49.4 Å². The lowest BCUT2D eigenvalue weighted by molar-refractivity contribution is -0.139. The second-order valence-corrected chi connectivity index (χ2v) is 5.05. The molecule has 1 atom stereocenters. The highest BCUT2D eigenvalue weighted by Gasteiger charge is 2.16. The van der Waals surface area contributed by atoms with Crippen molar-refractivity contribution in [1.29, 1.82) is 0 Å². The number of aliphatic hydroxyl groups excluding tert-OH is 1. The van der Waals surface area contributed by atoms with Crippen molar-refractivity contribution in [2.24, 2.45) is 0 Å². The first-order valence-electron chi connectivity index (χ1n) is 7.35. The fraction of sp³-hybridized carbons (Fsp3) is 0.294. The van der Waals surface area contributed by atoms with Gasteiger partial charge in [-0.3, -0.25) is 9.59 Å². The van der Waals surface area contributed by atoms with E-state index in [9.17, 15) is 14.7 Å². The van der Waals surface area contributed by atoms with Gasteiger partial charge < -0.3 is 15.7 Å². The predicted molar refractivity (Wildman–Crippen MR) is 85.2 cm³/mol. The molecule has 1 unspecified atom stereocenters. The molecule has 0 aliphatic rings. The molecule has 2 aromatic rings. The van der Waals surface area contributed by atoms with Gasteiger partial charge in [-0.15, -0.1) is 0 Å². The van der Waals surface area contributed by atoms with E-state index in [0.717, 1.165) is 22.8 Å². The van der Waals surface area contributed by atoms with E-state index in [1.54, 1.807) is 0 Å². The van der Waals surface area contributed by atoms with Gasteiger partial charge >= 0.3 is 11.8 Å². The first-order valence-corrected chi connectivity index (χ1v) is 7.35. The van der Waals surface area contributed by atoms with Gasteiger partial charge in [0.05, 0.1) is 6.10 Å². The first-order chi connectivity index (χ1) is 10.6. The van der Waals surface area contributed by atoms with Crippen LogP contribution in [0.15, 0.2) is 42.5 Å². The van der Waals surface area contributed by atoms with Crippen LogP contribution in [0.25, 0.3) is 10.8 Å². The lowest BCUT2D eigenvalue weighted by Crippen LogP contribution is -2.41. The van der Waals surface area contributed by atoms with Crippen molar-refractivity contribution in [3.05, 3.63) is 48.0 Å². The number of carbonyl (C=O) groups is 2. The third-order valence-corrected chi connectivity index (χ3v) is 3.38. The Hall–Kier alpha value is -2.40. The number of benzene rings is 2. The summed E-state index contributed by atoms with van der Waals surface area (Å²) in [5.74, 6) is -1.40. The molecule has 116 valence electrons. The summed E-state index contributed by atoms with van der Waals surface area (Å²) >= 11 is 0. The Morgan fingerprint density at radius 1 is 1.05 bits per heavy atom. The summed E-state index contributed by atoms with van der Waals surface area (Å²) in [7, 11) is 0. The van der Waals surface area contributed by atoms with Gasteiger partial charge in [0.25, 0.3) is 0 Å². The van der Waals surface area contributed by atoms with Crippen LogP contribution in [-0.4, -0.2) is 30.0 Å². The second kappa shape index (κ2) is 7.56. The minimum Gasteiger partial charge on any atom is -0.387 e. The van der Waals surface area contributed by atoms with Gasteiger partial charge in [-0.2, -0.15) is 0 Å². The number of fused-ring (bicyclic) bond motifs is 1. The summed E-state index contributed by atoms with van der Waals surface area (Å²) in [4.78, 5) is 23.1. The molecule has 0 saturated heterocycles. The molecule has 0 fully saturated rings. The Morgan fingerprint density at radius 3 is 2.50 bits per heavy atom. The molecule has 5 heteroatoms. The maximum Gasteiger partial charge on any atom is 0.309 e. The van der Waals surface area contributed by atoms with E-state index in [-0.39, 0.29) is 6.54 Å². The topological polar surface area (TPSA) is 78.4 Å². The minimum absolute atomic E-state index is 0.00755. The number of hydrogen-bond acceptors (Lipinski definition) is 3. The zero-order valence-electron chi connectivity index (χ0n) is 12.5. The number of amides is 2. The average Bonchev–Trinajstić information content (AvgIpc) is 2.56. The lowest BCUT2D eigenvalue weighted by atomic mass is 10.0. The zero-order valence-corrected chi connectivity index (χ0v) is 12.5. The SMILES string of the molecule is CCCNC(=O)C(=O)NCC(O)c1cccc2ccccc12. The predicted octanol–water partition coefficient (Wildman–Crippen LogP) is 1.52. The first kappa shape index (κ1) is 16.0. The molecule has 2 amide bonds. The third-order valence-electron chi connectivity index (χ3n) is 3.38. The van der Waals surface area contributed by atoms with Crippen LogP contribution in [0, 0.1) is 0 Å². The van der Waals surface area contributed by atoms with Crippen molar-refractivity contribution in [1.82, 2.24) is 10.6 Å². The molecule has 0 radical (unpaired) electrons. The average molecular weight is 300 g/mol. The van der Waals surface area contributed by atoms with Crippen molar-refractivity contribution in [2.45, 2.75) is 19.4 Å². The van der Waals surface area contributed by atoms with Gasteiger partial charge in [0.2, 0.25) is 0 Å². The van der Waals surface area contributed by atoms with Crippen LogP contribution >= 0.6 is 0 Å². The molecule has 0 aliphatic heterocycles. The van der Waals surface area contributed by atoms with E-state index in [2.05, 4.69) is 10.6 Å². The molecule has 0 bridgehead atoms. The number of carbonyl (C=O) groups excluding carboxylic acids is 2. The Morgan fingerprint density at radius 2 is 1.73 bits per heavy atom. The maximum absolute atomic E-state index is 11.6. The second-order valence-electron chi connectivity index (χ2n) is 5.05. The van der Waals surface area contributed by atoms with E-state index in [4.69, 9.17) is 0 Å². The third kappa shape index (κ3) is 3.83. The van der Waals surface area contributed by atoms with Crippen molar-refractivity contribution < 1.29 is 14.7 Å². The van der Waals surface area contributed by atoms with Crippen molar-refractivity contribution in [2.75, 3.05) is 13.1 Å². The van der Waals surface area contributed by atoms with E-state index < -0.39 is 17.9 Å². The molecule has 0 aromatic heterocycles. The monoisotopic (exact) mass is 300 g/mol.